The molecule has 2 N–H and O–H groups in total. The number of nitrogens with one attached hydrogen (secondary N) is 2. The Morgan fingerprint density at radius 1 is 1.38 bits per heavy atom. The van der Waals surface area contributed by atoms with Crippen LogP contribution in [0.25, 0.3) is 0 Å². The summed E-state index contributed by atoms with van der Waals surface area (Å²) < 4.78 is 4.57. The molecule has 1 heterocycles. The molecule has 0 radical (unpaired) electrons. The molecule has 1 rings (SSSR count). The molecule has 16 heavy (non-hydrogen) atoms. The molecule has 6 heteroatoms. The molecule has 0 unspecified atom stereocenters. The largest absolute Gasteiger partial charge is 0.449 e. The van der Waals surface area contributed by atoms with Crippen molar-refractivity contribution in [2.75, 3.05) is 6.61 Å². The molecule has 0 aliphatic carbocycles. The summed E-state index contributed by atoms with van der Waals surface area (Å²) >= 11 is 0. The molecule has 0 saturated heterocycles. The van der Waals surface area contributed by atoms with E-state index in [0.29, 0.717) is 5.56 Å². The van der Waals surface area contributed by atoms with Gasteiger partial charge >= 0.3 is 6.09 Å². The van der Waals surface area contributed by atoms with E-state index in [1.54, 1.807) is 19.1 Å². The van der Waals surface area contributed by atoms with E-state index in [0.717, 1.165) is 5.69 Å². The second kappa shape index (κ2) is 5.69. The fourth-order valence-corrected chi connectivity index (χ4v) is 0.949. The van der Waals surface area contributed by atoms with E-state index >= 15 is 0 Å². The summed E-state index contributed by atoms with van der Waals surface area (Å²) in [5.74, 6) is -0.444. The lowest BCUT2D eigenvalue weighted by atomic mass is 10.2. The van der Waals surface area contributed by atoms with Crippen LogP contribution in [0.4, 0.5) is 4.79 Å². The molecular formula is C10H13N3O3. The third kappa shape index (κ3) is 3.56. The van der Waals surface area contributed by atoms with Crippen molar-refractivity contribution in [2.24, 2.45) is 0 Å². The van der Waals surface area contributed by atoms with Gasteiger partial charge in [-0.3, -0.25) is 15.2 Å². The van der Waals surface area contributed by atoms with Gasteiger partial charge in [-0.2, -0.15) is 0 Å². The minimum Gasteiger partial charge on any atom is -0.449 e. The van der Waals surface area contributed by atoms with Crippen molar-refractivity contribution in [2.45, 2.75) is 13.8 Å². The fourth-order valence-electron chi connectivity index (χ4n) is 0.949. The van der Waals surface area contributed by atoms with Crippen LogP contribution in [0, 0.1) is 6.92 Å². The number of aryl methyl sites for hydroxylation is 1. The molecule has 1 aromatic heterocycles. The van der Waals surface area contributed by atoms with Gasteiger partial charge in [0.25, 0.3) is 5.91 Å². The van der Waals surface area contributed by atoms with Crippen LogP contribution in [0.15, 0.2) is 18.3 Å². The van der Waals surface area contributed by atoms with Crippen molar-refractivity contribution >= 4 is 12.0 Å². The van der Waals surface area contributed by atoms with Crippen molar-refractivity contribution in [1.82, 2.24) is 15.8 Å². The minimum absolute atomic E-state index is 0.244. The molecule has 86 valence electrons. The molecule has 2 amide bonds. The maximum Gasteiger partial charge on any atom is 0.426 e. The van der Waals surface area contributed by atoms with E-state index in [-0.39, 0.29) is 6.61 Å². The van der Waals surface area contributed by atoms with Gasteiger partial charge in [0, 0.05) is 11.9 Å². The Morgan fingerprint density at radius 3 is 2.69 bits per heavy atom. The highest BCUT2D eigenvalue weighted by Crippen LogP contribution is 1.98. The molecule has 1 aromatic rings. The van der Waals surface area contributed by atoms with E-state index in [9.17, 15) is 9.59 Å². The van der Waals surface area contributed by atoms with Gasteiger partial charge < -0.3 is 4.74 Å². The Balaban J connectivity index is 2.47. The average Bonchev–Trinajstić information content (AvgIpc) is 2.27. The Hall–Kier alpha value is -2.11. The molecule has 0 atom stereocenters. The highest BCUT2D eigenvalue weighted by Gasteiger charge is 2.07. The van der Waals surface area contributed by atoms with E-state index < -0.39 is 12.0 Å². The van der Waals surface area contributed by atoms with Crippen LogP contribution in [0.3, 0.4) is 0 Å². The number of nitrogens with zero attached hydrogens (tertiary/aromatic N) is 1. The van der Waals surface area contributed by atoms with Crippen molar-refractivity contribution in [3.63, 3.8) is 0 Å². The Morgan fingerprint density at radius 2 is 2.12 bits per heavy atom. The van der Waals surface area contributed by atoms with Crippen molar-refractivity contribution in [1.29, 1.82) is 0 Å². The molecule has 0 spiro atoms. The third-order valence-corrected chi connectivity index (χ3v) is 1.73. The van der Waals surface area contributed by atoms with Crippen molar-refractivity contribution in [3.8, 4) is 0 Å². The number of carbonyl (C=O) groups excluding carboxylic acids is 2. The summed E-state index contributed by atoms with van der Waals surface area (Å²) in [5.41, 5.74) is 5.49. The van der Waals surface area contributed by atoms with Gasteiger partial charge in [-0.05, 0) is 26.0 Å². The standard InChI is InChI=1S/C10H13N3O3/c1-3-16-10(15)13-12-9(14)8-5-4-7(2)11-6-8/h4-6H,3H2,1-2H3,(H,12,14)(H,13,15). The smallest absolute Gasteiger partial charge is 0.426 e. The van der Waals surface area contributed by atoms with E-state index in [1.807, 2.05) is 6.92 Å². The lowest BCUT2D eigenvalue weighted by Crippen LogP contribution is -2.41. The number of pyridine rings is 1. The van der Waals surface area contributed by atoms with Gasteiger partial charge in [-0.1, -0.05) is 0 Å². The highest BCUT2D eigenvalue weighted by molar-refractivity contribution is 5.94. The summed E-state index contributed by atoms with van der Waals surface area (Å²) in [7, 11) is 0. The molecule has 0 aliphatic heterocycles. The number of amides is 2. The quantitative estimate of drug-likeness (QED) is 0.726. The second-order valence-corrected chi connectivity index (χ2v) is 2.99. The van der Waals surface area contributed by atoms with Crippen molar-refractivity contribution < 1.29 is 14.3 Å². The van der Waals surface area contributed by atoms with Crippen LogP contribution in [0.1, 0.15) is 23.0 Å². The first-order chi connectivity index (χ1) is 7.63. The topological polar surface area (TPSA) is 80.3 Å². The van der Waals surface area contributed by atoms with Crippen LogP contribution in [0.5, 0.6) is 0 Å². The molecular weight excluding hydrogens is 210 g/mol. The minimum atomic E-state index is -0.698. The Kier molecular flexibility index (Phi) is 4.26. The maximum atomic E-state index is 11.4. The van der Waals surface area contributed by atoms with Gasteiger partial charge in [-0.25, -0.2) is 10.2 Å². The SMILES string of the molecule is CCOC(=O)NNC(=O)c1ccc(C)nc1. The van der Waals surface area contributed by atoms with Crippen LogP contribution < -0.4 is 10.9 Å². The normalized spacial score (nSPS) is 9.38. The van der Waals surface area contributed by atoms with Gasteiger partial charge in [0.2, 0.25) is 0 Å². The summed E-state index contributed by atoms with van der Waals surface area (Å²) in [6.45, 7) is 3.73. The molecule has 0 saturated carbocycles. The van der Waals surface area contributed by atoms with E-state index in [2.05, 4.69) is 20.6 Å². The average molecular weight is 223 g/mol. The molecule has 6 nitrogen and oxygen atoms in total. The second-order valence-electron chi connectivity index (χ2n) is 2.99. The van der Waals surface area contributed by atoms with Crippen LogP contribution in [0.2, 0.25) is 0 Å². The van der Waals surface area contributed by atoms with Gasteiger partial charge in [0.1, 0.15) is 0 Å². The van der Waals surface area contributed by atoms with E-state index in [4.69, 9.17) is 0 Å². The highest BCUT2D eigenvalue weighted by atomic mass is 16.5. The van der Waals surface area contributed by atoms with Crippen LogP contribution in [-0.4, -0.2) is 23.6 Å². The number of hydrogen-bond donors (Lipinski definition) is 2. The first-order valence-electron chi connectivity index (χ1n) is 4.79. The number of carbonyl (C=O) groups is 2. The van der Waals surface area contributed by atoms with Crippen LogP contribution in [-0.2, 0) is 4.74 Å². The van der Waals surface area contributed by atoms with Crippen molar-refractivity contribution in [3.05, 3.63) is 29.6 Å². The Labute approximate surface area is 93.0 Å². The monoisotopic (exact) mass is 223 g/mol. The number of hydrogen-bond acceptors (Lipinski definition) is 4. The molecule has 0 aromatic carbocycles. The van der Waals surface area contributed by atoms with Gasteiger partial charge in [0.15, 0.2) is 0 Å². The first-order valence-corrected chi connectivity index (χ1v) is 4.79. The first kappa shape index (κ1) is 12.0. The summed E-state index contributed by atoms with van der Waals surface area (Å²) in [6.07, 6.45) is 0.730. The molecule has 0 fully saturated rings. The maximum absolute atomic E-state index is 11.4. The zero-order chi connectivity index (χ0) is 12.0. The Bertz CT molecular complexity index is 375. The lowest BCUT2D eigenvalue weighted by Gasteiger charge is -2.06. The summed E-state index contributed by atoms with van der Waals surface area (Å²) in [4.78, 5) is 26.3. The lowest BCUT2D eigenvalue weighted by molar-refractivity contribution is 0.0912. The number of rotatable bonds is 2. The van der Waals surface area contributed by atoms with Gasteiger partial charge in [-0.15, -0.1) is 0 Å². The zero-order valence-electron chi connectivity index (χ0n) is 9.11. The van der Waals surface area contributed by atoms with E-state index in [1.165, 1.54) is 6.20 Å². The summed E-state index contributed by atoms with van der Waals surface area (Å²) in [5, 5.41) is 0. The number of hydrazine groups is 1. The molecule has 0 bridgehead atoms. The number of ether oxygens (including phenoxy) is 1. The predicted molar refractivity (Wildman–Crippen MR) is 56.6 cm³/mol. The predicted octanol–water partition coefficient (Wildman–Crippen LogP) is 0.781. The fraction of sp³-hybridized carbons (Fsp3) is 0.300. The number of aromatic nitrogens is 1. The molecule has 0 aliphatic rings. The third-order valence-electron chi connectivity index (χ3n) is 1.73. The van der Waals surface area contributed by atoms with Crippen LogP contribution >= 0.6 is 0 Å². The zero-order valence-corrected chi connectivity index (χ0v) is 9.11. The summed E-state index contributed by atoms with van der Waals surface area (Å²) in [6, 6.07) is 3.32. The van der Waals surface area contributed by atoms with Gasteiger partial charge in [0.05, 0.1) is 12.2 Å².